The molecule has 0 amide bonds. The second-order valence-electron chi connectivity index (χ2n) is 3.23. The number of rotatable bonds is 1. The highest BCUT2D eigenvalue weighted by atomic mass is 19.4. The van der Waals surface area contributed by atoms with E-state index in [0.29, 0.717) is 17.4 Å². The Hall–Kier alpha value is -1.92. The summed E-state index contributed by atoms with van der Waals surface area (Å²) in [5, 5.41) is 6.50. The lowest BCUT2D eigenvalue weighted by atomic mass is 10.2. The number of alkyl halides is 3. The molecule has 0 spiro atoms. The Morgan fingerprint density at radius 1 is 1.38 bits per heavy atom. The number of halogens is 3. The van der Waals surface area contributed by atoms with Crippen molar-refractivity contribution in [3.05, 3.63) is 29.2 Å². The van der Waals surface area contributed by atoms with Gasteiger partial charge in [0.25, 0.3) is 0 Å². The van der Waals surface area contributed by atoms with Crippen molar-refractivity contribution in [2.45, 2.75) is 13.1 Å². The molecule has 0 aromatic carbocycles. The van der Waals surface area contributed by atoms with Gasteiger partial charge in [-0.2, -0.15) is 13.2 Å². The first kappa shape index (κ1) is 10.6. The highest BCUT2D eigenvalue weighted by Gasteiger charge is 2.37. The predicted octanol–water partition coefficient (Wildman–Crippen LogP) is 1.87. The van der Waals surface area contributed by atoms with Gasteiger partial charge in [0.15, 0.2) is 11.9 Å². The van der Waals surface area contributed by atoms with E-state index in [1.54, 1.807) is 0 Å². The molecule has 0 saturated heterocycles. The molecular weight excluding hydrogens is 223 g/mol. The summed E-state index contributed by atoms with van der Waals surface area (Å²) in [5.41, 5.74) is 0.714. The predicted molar refractivity (Wildman–Crippen MR) is 48.1 cm³/mol. The van der Waals surface area contributed by atoms with Crippen molar-refractivity contribution in [1.29, 1.82) is 0 Å². The van der Waals surface area contributed by atoms with Crippen molar-refractivity contribution in [2.24, 2.45) is 0 Å². The molecule has 0 aliphatic rings. The van der Waals surface area contributed by atoms with Gasteiger partial charge in [-0.25, -0.2) is 0 Å². The normalized spacial score (nSPS) is 12.0. The van der Waals surface area contributed by atoms with Gasteiger partial charge in [0.05, 0.1) is 0 Å². The number of carbonyl (C=O) groups is 1. The third kappa shape index (κ3) is 1.44. The summed E-state index contributed by atoms with van der Waals surface area (Å²) in [5.74, 6) is -1.09. The van der Waals surface area contributed by atoms with Gasteiger partial charge in [0.2, 0.25) is 5.82 Å². The number of nitrogens with zero attached hydrogens (tertiary/aromatic N) is 3. The summed E-state index contributed by atoms with van der Waals surface area (Å²) in [6.07, 6.45) is -2.86. The second-order valence-corrected chi connectivity index (χ2v) is 3.23. The fraction of sp³-hybridized carbons (Fsp3) is 0.222. The Bertz CT molecular complexity index is 559. The zero-order chi connectivity index (χ0) is 11.9. The first-order valence-corrected chi connectivity index (χ1v) is 4.32. The monoisotopic (exact) mass is 229 g/mol. The third-order valence-corrected chi connectivity index (χ3v) is 2.25. The first-order valence-electron chi connectivity index (χ1n) is 4.32. The Morgan fingerprint density at radius 2 is 2.06 bits per heavy atom. The third-order valence-electron chi connectivity index (χ3n) is 2.25. The van der Waals surface area contributed by atoms with E-state index < -0.39 is 12.0 Å². The summed E-state index contributed by atoms with van der Waals surface area (Å²) in [4.78, 5) is 10.6. The molecule has 2 aromatic heterocycles. The molecule has 16 heavy (non-hydrogen) atoms. The average molecular weight is 229 g/mol. The number of hydrogen-bond acceptors (Lipinski definition) is 3. The fourth-order valence-electron chi connectivity index (χ4n) is 1.42. The van der Waals surface area contributed by atoms with Gasteiger partial charge in [0, 0.05) is 17.3 Å². The summed E-state index contributed by atoms with van der Waals surface area (Å²) >= 11 is 0. The Morgan fingerprint density at radius 3 is 2.62 bits per heavy atom. The van der Waals surface area contributed by atoms with Crippen molar-refractivity contribution in [2.75, 3.05) is 0 Å². The molecule has 0 fully saturated rings. The summed E-state index contributed by atoms with van der Waals surface area (Å²) < 4.78 is 38.2. The molecular formula is C9H6F3N3O. The lowest BCUT2D eigenvalue weighted by Crippen LogP contribution is -2.11. The van der Waals surface area contributed by atoms with Crippen LogP contribution in [0.15, 0.2) is 12.3 Å². The van der Waals surface area contributed by atoms with Gasteiger partial charge in [0.1, 0.15) is 0 Å². The van der Waals surface area contributed by atoms with E-state index in [4.69, 9.17) is 0 Å². The Kier molecular flexibility index (Phi) is 2.18. The van der Waals surface area contributed by atoms with Crippen molar-refractivity contribution in [1.82, 2.24) is 14.6 Å². The number of fused-ring (bicyclic) bond motifs is 1. The maximum atomic E-state index is 12.5. The van der Waals surface area contributed by atoms with Gasteiger partial charge >= 0.3 is 6.18 Å². The van der Waals surface area contributed by atoms with E-state index in [-0.39, 0.29) is 5.65 Å². The number of aromatic nitrogens is 3. The molecule has 84 valence electrons. The van der Waals surface area contributed by atoms with Crippen LogP contribution in [0.5, 0.6) is 0 Å². The number of hydrogen-bond donors (Lipinski definition) is 0. The van der Waals surface area contributed by atoms with Crippen LogP contribution in [0.4, 0.5) is 13.2 Å². The van der Waals surface area contributed by atoms with Gasteiger partial charge in [-0.05, 0) is 13.0 Å². The standard InChI is InChI=1S/C9H6F3N3O/c1-5-6(4-16)2-3-15-7(5)13-14-8(15)9(10,11)12/h2-4H,1H3. The molecule has 2 aromatic rings. The van der Waals surface area contributed by atoms with Gasteiger partial charge < -0.3 is 0 Å². The van der Waals surface area contributed by atoms with Crippen LogP contribution in [0.25, 0.3) is 5.65 Å². The minimum atomic E-state index is -4.56. The molecule has 0 unspecified atom stereocenters. The SMILES string of the molecule is Cc1c(C=O)ccn2c(C(F)(F)F)nnc12. The molecule has 0 N–H and O–H groups in total. The minimum Gasteiger partial charge on any atom is -0.298 e. The van der Waals surface area contributed by atoms with Crippen molar-refractivity contribution >= 4 is 11.9 Å². The summed E-state index contributed by atoms with van der Waals surface area (Å²) in [6.45, 7) is 1.52. The van der Waals surface area contributed by atoms with E-state index in [1.807, 2.05) is 0 Å². The molecule has 0 saturated carbocycles. The molecule has 0 aliphatic heterocycles. The second kappa shape index (κ2) is 3.29. The molecule has 0 radical (unpaired) electrons. The van der Waals surface area contributed by atoms with Crippen LogP contribution in [-0.2, 0) is 6.18 Å². The van der Waals surface area contributed by atoms with Crippen LogP contribution in [0.3, 0.4) is 0 Å². The zero-order valence-electron chi connectivity index (χ0n) is 8.12. The first-order chi connectivity index (χ1) is 7.45. The number of carbonyl (C=O) groups excluding carboxylic acids is 1. The summed E-state index contributed by atoms with van der Waals surface area (Å²) in [7, 11) is 0. The van der Waals surface area contributed by atoms with Crippen LogP contribution >= 0.6 is 0 Å². The number of aryl methyl sites for hydroxylation is 1. The van der Waals surface area contributed by atoms with E-state index in [2.05, 4.69) is 10.2 Å². The van der Waals surface area contributed by atoms with Crippen molar-refractivity contribution < 1.29 is 18.0 Å². The molecule has 4 nitrogen and oxygen atoms in total. The molecule has 7 heteroatoms. The van der Waals surface area contributed by atoms with Gasteiger partial charge in [-0.15, -0.1) is 10.2 Å². The van der Waals surface area contributed by atoms with Crippen LogP contribution in [-0.4, -0.2) is 20.9 Å². The number of pyridine rings is 1. The largest absolute Gasteiger partial charge is 0.452 e. The lowest BCUT2D eigenvalue weighted by molar-refractivity contribution is -0.145. The van der Waals surface area contributed by atoms with Crippen molar-refractivity contribution in [3.63, 3.8) is 0 Å². The molecule has 0 bridgehead atoms. The quantitative estimate of drug-likeness (QED) is 0.701. The summed E-state index contributed by atoms with van der Waals surface area (Å²) in [6, 6.07) is 1.30. The highest BCUT2D eigenvalue weighted by molar-refractivity contribution is 5.80. The lowest BCUT2D eigenvalue weighted by Gasteiger charge is -2.05. The molecule has 0 aliphatic carbocycles. The zero-order valence-corrected chi connectivity index (χ0v) is 8.12. The fourth-order valence-corrected chi connectivity index (χ4v) is 1.42. The van der Waals surface area contributed by atoms with E-state index >= 15 is 0 Å². The van der Waals surface area contributed by atoms with E-state index in [1.165, 1.54) is 13.0 Å². The highest BCUT2D eigenvalue weighted by Crippen LogP contribution is 2.28. The van der Waals surface area contributed by atoms with E-state index in [0.717, 1.165) is 10.6 Å². The maximum absolute atomic E-state index is 12.5. The topological polar surface area (TPSA) is 47.3 Å². The Labute approximate surface area is 87.7 Å². The van der Waals surface area contributed by atoms with Crippen LogP contribution in [0.2, 0.25) is 0 Å². The maximum Gasteiger partial charge on any atom is 0.452 e. The van der Waals surface area contributed by atoms with Gasteiger partial charge in [-0.3, -0.25) is 9.20 Å². The van der Waals surface area contributed by atoms with Crippen molar-refractivity contribution in [3.8, 4) is 0 Å². The van der Waals surface area contributed by atoms with Crippen LogP contribution in [0.1, 0.15) is 21.7 Å². The Balaban J connectivity index is 2.77. The minimum absolute atomic E-state index is 0.0388. The molecule has 2 rings (SSSR count). The van der Waals surface area contributed by atoms with Crippen LogP contribution in [0, 0.1) is 6.92 Å². The number of aldehydes is 1. The van der Waals surface area contributed by atoms with Gasteiger partial charge in [-0.1, -0.05) is 0 Å². The molecule has 2 heterocycles. The average Bonchev–Trinajstić information content (AvgIpc) is 2.62. The molecule has 0 atom stereocenters. The smallest absolute Gasteiger partial charge is 0.298 e. The van der Waals surface area contributed by atoms with Crippen LogP contribution < -0.4 is 0 Å². The van der Waals surface area contributed by atoms with E-state index in [9.17, 15) is 18.0 Å².